The molecule has 17 aromatic rings. The van der Waals surface area contributed by atoms with Crippen LogP contribution in [0.3, 0.4) is 0 Å². The highest BCUT2D eigenvalue weighted by Gasteiger charge is 2.51. The lowest BCUT2D eigenvalue weighted by Crippen LogP contribution is -2.75. The third-order valence-electron chi connectivity index (χ3n) is 23.9. The van der Waals surface area contributed by atoms with Gasteiger partial charge in [-0.15, -0.1) is 0 Å². The molecule has 0 unspecified atom stereocenters. The molecule has 6 heteroatoms. The molecule has 524 valence electrons. The largest absolute Gasteiger partial charge is 0.310 e. The van der Waals surface area contributed by atoms with Crippen molar-refractivity contribution in [3.8, 4) is 44.5 Å². The first-order chi connectivity index (χ1) is 54.9. The van der Waals surface area contributed by atoms with Crippen LogP contribution in [0.4, 0.5) is 51.2 Å². The SMILES string of the molecule is CC1(C)c2ccccc2N(c2cc3c4c(c2)N(c2c(-c5ccccc5)cccc2-c2ccccc2)c2cc([Si](c5ccccc5)(c5ccccc5)c5ccccc5)ccc2B4c2ccc([Si](c4ccccc4)(c4ccccc4)c4ccccc4)cc2N3c2c(-c3ccccc3)cccc2-c2ccccc2)c2ccccc21. The van der Waals surface area contributed by atoms with Crippen molar-refractivity contribution in [1.29, 1.82) is 0 Å². The molecule has 3 nitrogen and oxygen atoms in total. The minimum atomic E-state index is -3.26. The van der Waals surface area contributed by atoms with E-state index in [1.165, 1.54) is 69.0 Å². The van der Waals surface area contributed by atoms with Crippen LogP contribution in [-0.4, -0.2) is 22.9 Å². The second kappa shape index (κ2) is 27.7. The van der Waals surface area contributed by atoms with Crippen LogP contribution in [0.25, 0.3) is 44.5 Å². The molecule has 0 saturated heterocycles. The van der Waals surface area contributed by atoms with Crippen LogP contribution in [0.5, 0.6) is 0 Å². The van der Waals surface area contributed by atoms with Gasteiger partial charge in [0.1, 0.15) is 0 Å². The van der Waals surface area contributed by atoms with Gasteiger partial charge in [0.15, 0.2) is 16.1 Å². The molecule has 0 atom stereocenters. The second-order valence-electron chi connectivity index (χ2n) is 30.1. The van der Waals surface area contributed by atoms with Gasteiger partial charge in [-0.05, 0) is 128 Å². The lowest BCUT2D eigenvalue weighted by atomic mass is 9.33. The Kier molecular flexibility index (Phi) is 16.7. The average Bonchev–Trinajstić information content (AvgIpc) is 0.679. The summed E-state index contributed by atoms with van der Waals surface area (Å²) in [7, 11) is -6.53. The first-order valence-electron chi connectivity index (χ1n) is 38.8. The van der Waals surface area contributed by atoms with Gasteiger partial charge in [0.05, 0.1) is 28.4 Å². The minimum absolute atomic E-state index is 0.319. The van der Waals surface area contributed by atoms with Gasteiger partial charge in [-0.1, -0.05) is 414 Å². The van der Waals surface area contributed by atoms with Gasteiger partial charge >= 0.3 is 0 Å². The van der Waals surface area contributed by atoms with Gasteiger partial charge < -0.3 is 14.7 Å². The van der Waals surface area contributed by atoms with Crippen molar-refractivity contribution >= 4 is 132 Å². The lowest BCUT2D eigenvalue weighted by molar-refractivity contribution is 0.632. The zero-order chi connectivity index (χ0) is 74.0. The van der Waals surface area contributed by atoms with E-state index in [1.807, 2.05) is 0 Å². The summed E-state index contributed by atoms with van der Waals surface area (Å²) in [6.45, 7) is 4.49. The Morgan fingerprint density at radius 2 is 0.477 bits per heavy atom. The zero-order valence-corrected chi connectivity index (χ0v) is 64.0. The number of nitrogens with zero attached hydrogens (tertiary/aromatic N) is 3. The van der Waals surface area contributed by atoms with Crippen molar-refractivity contribution in [2.75, 3.05) is 14.7 Å². The number of anilines is 9. The standard InChI is InChI=1S/C105H78BN3Si2/c1-105(2)92-63-33-35-65-96(92)107(97-66-36-34-64-93(97)105)79-71-100-102-101(72-79)109(104-90(77-43-17-5-18-44-77)61-38-62-91(104)78-45-19-6-20-46-78)99-74-87(111(83-53-27-10-28-54-83,84-55-29-11-30-56-84)85-57-31-12-32-58-85)68-70-95(99)106(102)94-69-67-86(110(80-47-21-7-22-48-80,81-49-23-8-24-50-81)82-51-25-9-26-52-82)73-98(94)108(100)103-88(75-39-13-3-14-40-75)59-37-60-89(103)76-41-15-4-16-42-76/h3-74H,1-2H3. The zero-order valence-electron chi connectivity index (χ0n) is 62.0. The van der Waals surface area contributed by atoms with Crippen molar-refractivity contribution < 1.29 is 0 Å². The molecule has 3 aliphatic rings. The van der Waals surface area contributed by atoms with Crippen LogP contribution >= 0.6 is 0 Å². The molecule has 111 heavy (non-hydrogen) atoms. The van der Waals surface area contributed by atoms with Crippen molar-refractivity contribution in [2.45, 2.75) is 19.3 Å². The maximum absolute atomic E-state index is 3.26. The van der Waals surface area contributed by atoms with Gasteiger partial charge in [-0.3, -0.25) is 0 Å². The molecule has 17 aromatic carbocycles. The smallest absolute Gasteiger partial charge is 0.252 e. The molecule has 0 radical (unpaired) electrons. The fourth-order valence-electron chi connectivity index (χ4n) is 19.1. The summed E-state index contributed by atoms with van der Waals surface area (Å²) in [6.07, 6.45) is 0. The summed E-state index contributed by atoms with van der Waals surface area (Å²) in [5, 5.41) is 10.5. The monoisotopic (exact) mass is 1450 g/mol. The molecule has 0 aliphatic carbocycles. The van der Waals surface area contributed by atoms with Gasteiger partial charge in [0.25, 0.3) is 6.71 Å². The van der Waals surface area contributed by atoms with E-state index in [0.29, 0.717) is 0 Å². The Balaban J connectivity index is 1.01. The Labute approximate surface area is 653 Å². The number of hydrogen-bond acceptors (Lipinski definition) is 3. The second-order valence-corrected chi connectivity index (χ2v) is 37.7. The molecule has 0 aromatic heterocycles. The summed E-state index contributed by atoms with van der Waals surface area (Å²) in [5.74, 6) is 0. The van der Waals surface area contributed by atoms with Crippen LogP contribution in [0.1, 0.15) is 25.0 Å². The van der Waals surface area contributed by atoms with E-state index in [-0.39, 0.29) is 12.1 Å². The molecular formula is C105H78BN3Si2. The number of rotatable bonds is 15. The Hall–Kier alpha value is -13.4. The van der Waals surface area contributed by atoms with Gasteiger partial charge in [0, 0.05) is 50.4 Å². The number of hydrogen-bond donors (Lipinski definition) is 0. The van der Waals surface area contributed by atoms with Crippen LogP contribution in [0.2, 0.25) is 0 Å². The minimum Gasteiger partial charge on any atom is -0.310 e. The van der Waals surface area contributed by atoms with Gasteiger partial charge in [0.2, 0.25) is 0 Å². The van der Waals surface area contributed by atoms with E-state index in [9.17, 15) is 0 Å². The van der Waals surface area contributed by atoms with Crippen LogP contribution in [0, 0.1) is 0 Å². The molecule has 0 N–H and O–H groups in total. The molecule has 3 heterocycles. The van der Waals surface area contributed by atoms with E-state index < -0.39 is 16.1 Å². The predicted octanol–water partition coefficient (Wildman–Crippen LogP) is 19.3. The molecular weight excluding hydrogens is 1370 g/mol. The molecule has 20 rings (SSSR count). The summed E-state index contributed by atoms with van der Waals surface area (Å²) in [6, 6.07) is 167. The van der Waals surface area contributed by atoms with Crippen molar-refractivity contribution in [1.82, 2.24) is 0 Å². The van der Waals surface area contributed by atoms with Gasteiger partial charge in [-0.25, -0.2) is 0 Å². The van der Waals surface area contributed by atoms with E-state index in [4.69, 9.17) is 0 Å². The summed E-state index contributed by atoms with van der Waals surface area (Å²) >= 11 is 0. The Morgan fingerprint density at radius 1 is 0.216 bits per heavy atom. The predicted molar refractivity (Wildman–Crippen MR) is 476 cm³/mol. The molecule has 3 aliphatic heterocycles. The Morgan fingerprint density at radius 3 is 0.766 bits per heavy atom. The number of fused-ring (bicyclic) bond motifs is 6. The highest BCUT2D eigenvalue weighted by Crippen LogP contribution is 2.57. The maximum atomic E-state index is 2.76. The number of benzene rings is 17. The summed E-state index contributed by atoms with van der Waals surface area (Å²) in [5.41, 5.74) is 24.9. The van der Waals surface area contributed by atoms with E-state index >= 15 is 0 Å². The number of para-hydroxylation sites is 4. The van der Waals surface area contributed by atoms with Crippen LogP contribution in [0.15, 0.2) is 437 Å². The molecule has 0 bridgehead atoms. The van der Waals surface area contributed by atoms with E-state index in [1.54, 1.807) is 0 Å². The summed E-state index contributed by atoms with van der Waals surface area (Å²) in [4.78, 5) is 8.12. The third-order valence-corrected chi connectivity index (χ3v) is 33.5. The van der Waals surface area contributed by atoms with Crippen molar-refractivity contribution in [2.24, 2.45) is 0 Å². The molecule has 0 saturated carbocycles. The highest BCUT2D eigenvalue weighted by molar-refractivity contribution is 7.20. The maximum Gasteiger partial charge on any atom is 0.252 e. The van der Waals surface area contributed by atoms with E-state index in [2.05, 4.69) is 465 Å². The first-order valence-corrected chi connectivity index (χ1v) is 42.8. The molecule has 0 spiro atoms. The molecule has 0 fully saturated rings. The quantitative estimate of drug-likeness (QED) is 0.0748. The van der Waals surface area contributed by atoms with Crippen LogP contribution in [-0.2, 0) is 5.41 Å². The van der Waals surface area contributed by atoms with Crippen LogP contribution < -0.4 is 72.6 Å². The highest BCUT2D eigenvalue weighted by atomic mass is 28.3. The van der Waals surface area contributed by atoms with E-state index in [0.717, 1.165) is 95.7 Å². The lowest BCUT2D eigenvalue weighted by Gasteiger charge is -2.48. The molecule has 0 amide bonds. The van der Waals surface area contributed by atoms with Gasteiger partial charge in [-0.2, -0.15) is 0 Å². The van der Waals surface area contributed by atoms with Crippen molar-refractivity contribution in [3.05, 3.63) is 448 Å². The van der Waals surface area contributed by atoms with Crippen molar-refractivity contribution in [3.63, 3.8) is 0 Å². The first kappa shape index (κ1) is 67.0. The fraction of sp³-hybridized carbons (Fsp3) is 0.0286. The fourth-order valence-corrected chi connectivity index (χ4v) is 28.6. The third kappa shape index (κ3) is 10.8. The summed E-state index contributed by atoms with van der Waals surface area (Å²) < 4.78 is 0. The average molecular weight is 1450 g/mol. The topological polar surface area (TPSA) is 9.72 Å². The normalized spacial score (nSPS) is 13.1. The Bertz CT molecular complexity index is 5610.